The van der Waals surface area contributed by atoms with Crippen molar-refractivity contribution in [2.24, 2.45) is 11.7 Å². The molecule has 1 aromatic carbocycles. The van der Waals surface area contributed by atoms with Gasteiger partial charge in [0.25, 0.3) is 0 Å². The largest absolute Gasteiger partial charge is 0.366 e. The monoisotopic (exact) mass is 258 g/mol. The van der Waals surface area contributed by atoms with Gasteiger partial charge in [-0.2, -0.15) is 0 Å². The molecule has 3 rings (SSSR count). The van der Waals surface area contributed by atoms with Gasteiger partial charge < -0.3 is 5.73 Å². The fourth-order valence-corrected chi connectivity index (χ4v) is 2.89. The van der Waals surface area contributed by atoms with Gasteiger partial charge in [0.1, 0.15) is 0 Å². The first kappa shape index (κ1) is 12.7. The second-order valence-electron chi connectivity index (χ2n) is 6.05. The first-order valence-corrected chi connectivity index (χ1v) is 7.29. The van der Waals surface area contributed by atoms with Crippen LogP contribution in [0.1, 0.15) is 48.5 Å². The number of primary amides is 1. The topological polar surface area (TPSA) is 46.3 Å². The van der Waals surface area contributed by atoms with Crippen LogP contribution in [0.2, 0.25) is 0 Å². The molecule has 1 atom stereocenters. The second kappa shape index (κ2) is 4.97. The molecular weight excluding hydrogens is 236 g/mol. The summed E-state index contributed by atoms with van der Waals surface area (Å²) in [6.07, 6.45) is 5.41. The van der Waals surface area contributed by atoms with Crippen molar-refractivity contribution in [2.45, 2.75) is 51.2 Å². The highest BCUT2D eigenvalue weighted by Crippen LogP contribution is 2.40. The highest BCUT2D eigenvalue weighted by Gasteiger charge is 2.38. The van der Waals surface area contributed by atoms with Crippen molar-refractivity contribution in [2.75, 3.05) is 0 Å². The van der Waals surface area contributed by atoms with Crippen LogP contribution >= 0.6 is 0 Å². The molecule has 3 nitrogen and oxygen atoms in total. The number of nitrogens with zero attached hydrogens (tertiary/aromatic N) is 1. The Morgan fingerprint density at radius 3 is 2.68 bits per heavy atom. The van der Waals surface area contributed by atoms with Gasteiger partial charge >= 0.3 is 0 Å². The van der Waals surface area contributed by atoms with Crippen LogP contribution in [0.15, 0.2) is 24.3 Å². The Labute approximate surface area is 114 Å². The SMILES string of the molecule is CC(C1CC1)N(Cc1cccc(C(N)=O)c1)C1CC1. The standard InChI is InChI=1S/C16H22N2O/c1-11(13-5-6-13)18(15-7-8-15)10-12-3-2-4-14(9-12)16(17)19/h2-4,9,11,13,15H,5-8,10H2,1H3,(H2,17,19). The fourth-order valence-electron chi connectivity index (χ4n) is 2.89. The molecule has 0 heterocycles. The van der Waals surface area contributed by atoms with Crippen molar-refractivity contribution in [3.63, 3.8) is 0 Å². The van der Waals surface area contributed by atoms with Crippen LogP contribution in [0.5, 0.6) is 0 Å². The van der Waals surface area contributed by atoms with E-state index in [1.54, 1.807) is 6.07 Å². The molecule has 1 unspecified atom stereocenters. The number of hydrogen-bond acceptors (Lipinski definition) is 2. The van der Waals surface area contributed by atoms with E-state index in [-0.39, 0.29) is 5.91 Å². The highest BCUT2D eigenvalue weighted by atomic mass is 16.1. The predicted octanol–water partition coefficient (Wildman–Crippen LogP) is 2.55. The van der Waals surface area contributed by atoms with E-state index in [1.807, 2.05) is 12.1 Å². The Morgan fingerprint density at radius 2 is 2.11 bits per heavy atom. The van der Waals surface area contributed by atoms with Crippen LogP contribution in [-0.4, -0.2) is 22.9 Å². The van der Waals surface area contributed by atoms with Gasteiger partial charge in [-0.1, -0.05) is 12.1 Å². The number of nitrogens with two attached hydrogens (primary N) is 1. The Balaban J connectivity index is 1.73. The van der Waals surface area contributed by atoms with Crippen LogP contribution in [0, 0.1) is 5.92 Å². The molecule has 0 radical (unpaired) electrons. The molecule has 102 valence electrons. The smallest absolute Gasteiger partial charge is 0.248 e. The van der Waals surface area contributed by atoms with Crippen molar-refractivity contribution in [1.29, 1.82) is 0 Å². The van der Waals surface area contributed by atoms with Crippen LogP contribution in [-0.2, 0) is 6.54 Å². The van der Waals surface area contributed by atoms with E-state index in [0.29, 0.717) is 11.6 Å². The molecule has 2 aliphatic rings. The van der Waals surface area contributed by atoms with Gasteiger partial charge in [0.15, 0.2) is 0 Å². The zero-order chi connectivity index (χ0) is 13.4. The van der Waals surface area contributed by atoms with Gasteiger partial charge in [-0.15, -0.1) is 0 Å². The highest BCUT2D eigenvalue weighted by molar-refractivity contribution is 5.92. The van der Waals surface area contributed by atoms with Gasteiger partial charge in [-0.3, -0.25) is 9.69 Å². The van der Waals surface area contributed by atoms with E-state index in [1.165, 1.54) is 31.2 Å². The molecule has 2 fully saturated rings. The van der Waals surface area contributed by atoms with Gasteiger partial charge in [0.2, 0.25) is 5.91 Å². The molecule has 0 aliphatic heterocycles. The molecule has 3 heteroatoms. The van der Waals surface area contributed by atoms with E-state index in [4.69, 9.17) is 5.73 Å². The number of benzene rings is 1. The molecule has 0 spiro atoms. The van der Waals surface area contributed by atoms with E-state index >= 15 is 0 Å². The van der Waals surface area contributed by atoms with Gasteiger partial charge in [0.05, 0.1) is 0 Å². The fraction of sp³-hybridized carbons (Fsp3) is 0.562. The number of hydrogen-bond donors (Lipinski definition) is 1. The molecule has 2 aliphatic carbocycles. The predicted molar refractivity (Wildman–Crippen MR) is 75.7 cm³/mol. The minimum atomic E-state index is -0.338. The minimum absolute atomic E-state index is 0.338. The Kier molecular flexibility index (Phi) is 3.31. The average molecular weight is 258 g/mol. The Hall–Kier alpha value is -1.35. The normalized spacial score (nSPS) is 20.5. The summed E-state index contributed by atoms with van der Waals surface area (Å²) in [5, 5.41) is 0. The number of rotatable bonds is 6. The van der Waals surface area contributed by atoms with E-state index < -0.39 is 0 Å². The molecule has 2 N–H and O–H groups in total. The summed E-state index contributed by atoms with van der Waals surface area (Å²) in [5.41, 5.74) is 7.17. The van der Waals surface area contributed by atoms with Crippen molar-refractivity contribution in [3.8, 4) is 0 Å². The van der Waals surface area contributed by atoms with Gasteiger partial charge in [-0.25, -0.2) is 0 Å². The first-order valence-electron chi connectivity index (χ1n) is 7.29. The molecule has 0 saturated heterocycles. The molecule has 0 aromatic heterocycles. The third-order valence-corrected chi connectivity index (χ3v) is 4.42. The quantitative estimate of drug-likeness (QED) is 0.852. The zero-order valence-electron chi connectivity index (χ0n) is 11.5. The van der Waals surface area contributed by atoms with E-state index in [9.17, 15) is 4.79 Å². The third-order valence-electron chi connectivity index (χ3n) is 4.42. The lowest BCUT2D eigenvalue weighted by Crippen LogP contribution is -2.36. The van der Waals surface area contributed by atoms with Gasteiger partial charge in [0, 0.05) is 24.2 Å². The summed E-state index contributed by atoms with van der Waals surface area (Å²) in [6, 6.07) is 9.19. The van der Waals surface area contributed by atoms with E-state index in [0.717, 1.165) is 18.5 Å². The summed E-state index contributed by atoms with van der Waals surface area (Å²) in [7, 11) is 0. The van der Waals surface area contributed by atoms with Crippen molar-refractivity contribution in [1.82, 2.24) is 4.90 Å². The summed E-state index contributed by atoms with van der Waals surface area (Å²) in [5.74, 6) is 0.551. The Bertz CT molecular complexity index is 477. The average Bonchev–Trinajstić information content (AvgIpc) is 3.28. The molecule has 2 saturated carbocycles. The lowest BCUT2D eigenvalue weighted by molar-refractivity contribution is 0.1000. The van der Waals surface area contributed by atoms with Crippen molar-refractivity contribution >= 4 is 5.91 Å². The third kappa shape index (κ3) is 2.98. The summed E-state index contributed by atoms with van der Waals surface area (Å²) in [4.78, 5) is 13.9. The summed E-state index contributed by atoms with van der Waals surface area (Å²) < 4.78 is 0. The lowest BCUT2D eigenvalue weighted by atomic mass is 10.1. The zero-order valence-corrected chi connectivity index (χ0v) is 11.5. The maximum absolute atomic E-state index is 11.2. The molecule has 0 bridgehead atoms. The number of carbonyl (C=O) groups is 1. The minimum Gasteiger partial charge on any atom is -0.366 e. The van der Waals surface area contributed by atoms with Crippen LogP contribution in [0.3, 0.4) is 0 Å². The molecule has 19 heavy (non-hydrogen) atoms. The maximum atomic E-state index is 11.2. The first-order chi connectivity index (χ1) is 9.15. The van der Waals surface area contributed by atoms with Crippen LogP contribution in [0.25, 0.3) is 0 Å². The van der Waals surface area contributed by atoms with Crippen molar-refractivity contribution in [3.05, 3.63) is 35.4 Å². The summed E-state index contributed by atoms with van der Waals surface area (Å²) >= 11 is 0. The number of amides is 1. The van der Waals surface area contributed by atoms with Crippen LogP contribution < -0.4 is 5.73 Å². The van der Waals surface area contributed by atoms with Crippen LogP contribution in [0.4, 0.5) is 0 Å². The van der Waals surface area contributed by atoms with Gasteiger partial charge in [-0.05, 0) is 56.2 Å². The van der Waals surface area contributed by atoms with Crippen molar-refractivity contribution < 1.29 is 4.79 Å². The summed E-state index contributed by atoms with van der Waals surface area (Å²) in [6.45, 7) is 3.30. The molecule has 1 aromatic rings. The molecular formula is C16H22N2O. The second-order valence-corrected chi connectivity index (χ2v) is 6.05. The maximum Gasteiger partial charge on any atom is 0.248 e. The number of carbonyl (C=O) groups excluding carboxylic acids is 1. The Morgan fingerprint density at radius 1 is 1.37 bits per heavy atom. The van der Waals surface area contributed by atoms with E-state index in [2.05, 4.69) is 17.9 Å². The lowest BCUT2D eigenvalue weighted by Gasteiger charge is -2.29. The molecule has 1 amide bonds.